The first-order valence-corrected chi connectivity index (χ1v) is 8.35. The van der Waals surface area contributed by atoms with Gasteiger partial charge in [-0.3, -0.25) is 4.79 Å². The van der Waals surface area contributed by atoms with Crippen molar-refractivity contribution in [3.63, 3.8) is 0 Å². The van der Waals surface area contributed by atoms with Crippen LogP contribution in [0.15, 0.2) is 36.4 Å². The highest BCUT2D eigenvalue weighted by atomic mass is 19.1. The molecular formula is C20H24FNO. The van der Waals surface area contributed by atoms with E-state index in [0.29, 0.717) is 22.3 Å². The first kappa shape index (κ1) is 16.0. The number of fused-ring (bicyclic) bond motifs is 1. The van der Waals surface area contributed by atoms with Gasteiger partial charge < -0.3 is 5.32 Å². The van der Waals surface area contributed by atoms with Crippen molar-refractivity contribution < 1.29 is 9.18 Å². The fourth-order valence-electron chi connectivity index (χ4n) is 3.62. The Balaban J connectivity index is 1.88. The fraction of sp³-hybridized carbons (Fsp3) is 0.450. The van der Waals surface area contributed by atoms with E-state index < -0.39 is 0 Å². The minimum Gasteiger partial charge on any atom is -0.349 e. The summed E-state index contributed by atoms with van der Waals surface area (Å²) >= 11 is 0. The van der Waals surface area contributed by atoms with Crippen LogP contribution in [0.5, 0.6) is 0 Å². The third-order valence-electron chi connectivity index (χ3n) is 5.17. The smallest absolute Gasteiger partial charge is 0.252 e. The second-order valence-electron chi connectivity index (χ2n) is 7.60. The number of hydrogen-bond donors (Lipinski definition) is 1. The number of carbonyl (C=O) groups is 1. The Labute approximate surface area is 137 Å². The van der Waals surface area contributed by atoms with Crippen molar-refractivity contribution in [2.45, 2.75) is 46.1 Å². The lowest BCUT2D eigenvalue weighted by Gasteiger charge is -2.39. The van der Waals surface area contributed by atoms with E-state index in [2.05, 4.69) is 26.1 Å². The zero-order valence-electron chi connectivity index (χ0n) is 14.0. The quantitative estimate of drug-likeness (QED) is 0.837. The summed E-state index contributed by atoms with van der Waals surface area (Å²) < 4.78 is 13.9. The van der Waals surface area contributed by atoms with Crippen molar-refractivity contribution in [2.75, 3.05) is 0 Å². The van der Waals surface area contributed by atoms with Crippen LogP contribution in [-0.2, 0) is 0 Å². The van der Waals surface area contributed by atoms with E-state index in [0.717, 1.165) is 12.8 Å². The molecule has 1 aliphatic rings. The second kappa shape index (κ2) is 5.95. The maximum Gasteiger partial charge on any atom is 0.252 e. The number of nitrogens with one attached hydrogen (secondary N) is 1. The molecule has 2 nitrogen and oxygen atoms in total. The van der Waals surface area contributed by atoms with Crippen LogP contribution in [0, 0.1) is 17.2 Å². The predicted molar refractivity (Wildman–Crippen MR) is 92.0 cm³/mol. The van der Waals surface area contributed by atoms with Crippen LogP contribution in [0.4, 0.5) is 4.39 Å². The summed E-state index contributed by atoms with van der Waals surface area (Å²) in [7, 11) is 0. The first-order chi connectivity index (χ1) is 10.9. The Bertz CT molecular complexity index is 737. The van der Waals surface area contributed by atoms with Gasteiger partial charge in [-0.15, -0.1) is 0 Å². The third kappa shape index (κ3) is 3.24. The summed E-state index contributed by atoms with van der Waals surface area (Å²) in [6, 6.07) is 10.3. The van der Waals surface area contributed by atoms with E-state index in [9.17, 15) is 9.18 Å². The van der Waals surface area contributed by atoms with Crippen molar-refractivity contribution in [3.05, 3.63) is 47.8 Å². The average Bonchev–Trinajstić information content (AvgIpc) is 2.51. The summed E-state index contributed by atoms with van der Waals surface area (Å²) in [5.41, 5.74) is 0.813. The number of carbonyl (C=O) groups excluding carboxylic acids is 1. The summed E-state index contributed by atoms with van der Waals surface area (Å²) in [6.45, 7) is 6.71. The average molecular weight is 313 g/mol. The monoisotopic (exact) mass is 313 g/mol. The number of halogens is 1. The van der Waals surface area contributed by atoms with Crippen molar-refractivity contribution in [1.29, 1.82) is 0 Å². The number of hydrogen-bond acceptors (Lipinski definition) is 1. The Morgan fingerprint density at radius 1 is 1.17 bits per heavy atom. The Hall–Kier alpha value is -1.90. The Morgan fingerprint density at radius 3 is 2.61 bits per heavy atom. The molecule has 2 aromatic rings. The standard InChI is InChI=1S/C20H24FNO/c1-13-10-11-20(2,3)12-18(13)22-19(23)16-8-9-17(21)15-7-5-4-6-14(15)16/h4-9,13,18H,10-12H2,1-3H3,(H,22,23)/t13-,18+/m0/s1. The molecule has 0 radical (unpaired) electrons. The van der Waals surface area contributed by atoms with Crippen molar-refractivity contribution in [3.8, 4) is 0 Å². The van der Waals surface area contributed by atoms with Crippen molar-refractivity contribution in [2.24, 2.45) is 11.3 Å². The molecule has 2 atom stereocenters. The molecular weight excluding hydrogens is 289 g/mol. The Morgan fingerprint density at radius 2 is 1.87 bits per heavy atom. The molecule has 0 aromatic heterocycles. The SMILES string of the molecule is C[C@H]1CCC(C)(C)C[C@H]1NC(=O)c1ccc(F)c2ccccc12. The normalized spacial score (nSPS) is 23.7. The van der Waals surface area contributed by atoms with E-state index >= 15 is 0 Å². The highest BCUT2D eigenvalue weighted by molar-refractivity contribution is 6.07. The van der Waals surface area contributed by atoms with Crippen LogP contribution >= 0.6 is 0 Å². The molecule has 1 fully saturated rings. The van der Waals surface area contributed by atoms with Gasteiger partial charge in [0.05, 0.1) is 0 Å². The van der Waals surface area contributed by atoms with Gasteiger partial charge in [0.15, 0.2) is 0 Å². The molecule has 3 rings (SSSR count). The van der Waals surface area contributed by atoms with Crippen LogP contribution in [-0.4, -0.2) is 11.9 Å². The fourth-order valence-corrected chi connectivity index (χ4v) is 3.62. The Kier molecular flexibility index (Phi) is 4.13. The van der Waals surface area contributed by atoms with Gasteiger partial charge in [-0.1, -0.05) is 45.0 Å². The first-order valence-electron chi connectivity index (χ1n) is 8.35. The molecule has 23 heavy (non-hydrogen) atoms. The molecule has 1 aliphatic carbocycles. The summed E-state index contributed by atoms with van der Waals surface area (Å²) in [5, 5.41) is 4.36. The molecule has 0 unspecified atom stereocenters. The van der Waals surface area contributed by atoms with Crippen LogP contribution in [0.3, 0.4) is 0 Å². The number of benzene rings is 2. The van der Waals surface area contributed by atoms with E-state index in [1.165, 1.54) is 12.5 Å². The molecule has 1 N–H and O–H groups in total. The molecule has 0 saturated heterocycles. The van der Waals surface area contributed by atoms with Crippen molar-refractivity contribution in [1.82, 2.24) is 5.32 Å². The molecule has 1 saturated carbocycles. The van der Waals surface area contributed by atoms with Crippen LogP contribution in [0.2, 0.25) is 0 Å². The summed E-state index contributed by atoms with van der Waals surface area (Å²) in [4.78, 5) is 12.8. The van der Waals surface area contributed by atoms with Crippen molar-refractivity contribution >= 4 is 16.7 Å². The molecule has 0 bridgehead atoms. The molecule has 3 heteroatoms. The van der Waals surface area contributed by atoms with Gasteiger partial charge in [-0.05, 0) is 48.1 Å². The molecule has 0 spiro atoms. The largest absolute Gasteiger partial charge is 0.349 e. The van der Waals surface area contributed by atoms with E-state index in [4.69, 9.17) is 0 Å². The van der Waals surface area contributed by atoms with E-state index in [1.807, 2.05) is 12.1 Å². The minimum absolute atomic E-state index is 0.101. The zero-order chi connectivity index (χ0) is 16.6. The maximum atomic E-state index is 13.9. The predicted octanol–water partition coefficient (Wildman–Crippen LogP) is 4.92. The minimum atomic E-state index is -0.288. The second-order valence-corrected chi connectivity index (χ2v) is 7.60. The van der Waals surface area contributed by atoms with E-state index in [-0.39, 0.29) is 23.2 Å². The lowest BCUT2D eigenvalue weighted by molar-refractivity contribution is 0.0859. The van der Waals surface area contributed by atoms with Crippen LogP contribution < -0.4 is 5.32 Å². The third-order valence-corrected chi connectivity index (χ3v) is 5.17. The molecule has 122 valence electrons. The summed E-state index contributed by atoms with van der Waals surface area (Å²) in [5.74, 6) is 0.0822. The lowest BCUT2D eigenvalue weighted by Crippen LogP contribution is -2.45. The van der Waals surface area contributed by atoms with Gasteiger partial charge in [0.25, 0.3) is 5.91 Å². The number of amides is 1. The van der Waals surface area contributed by atoms with Gasteiger partial charge in [0.2, 0.25) is 0 Å². The highest BCUT2D eigenvalue weighted by Gasteiger charge is 2.33. The van der Waals surface area contributed by atoms with Gasteiger partial charge >= 0.3 is 0 Å². The maximum absolute atomic E-state index is 13.9. The van der Waals surface area contributed by atoms with Crippen LogP contribution in [0.1, 0.15) is 50.4 Å². The lowest BCUT2D eigenvalue weighted by atomic mass is 9.71. The van der Waals surface area contributed by atoms with Gasteiger partial charge in [0, 0.05) is 17.0 Å². The van der Waals surface area contributed by atoms with Gasteiger partial charge in [-0.25, -0.2) is 4.39 Å². The van der Waals surface area contributed by atoms with E-state index in [1.54, 1.807) is 18.2 Å². The van der Waals surface area contributed by atoms with Gasteiger partial charge in [-0.2, -0.15) is 0 Å². The summed E-state index contributed by atoms with van der Waals surface area (Å²) in [6.07, 6.45) is 3.31. The number of rotatable bonds is 2. The molecule has 2 aromatic carbocycles. The topological polar surface area (TPSA) is 29.1 Å². The van der Waals surface area contributed by atoms with Crippen LogP contribution in [0.25, 0.3) is 10.8 Å². The molecule has 1 amide bonds. The highest BCUT2D eigenvalue weighted by Crippen LogP contribution is 2.38. The zero-order valence-corrected chi connectivity index (χ0v) is 14.0. The van der Waals surface area contributed by atoms with Gasteiger partial charge in [0.1, 0.15) is 5.82 Å². The molecule has 0 heterocycles. The molecule has 0 aliphatic heterocycles.